The third-order valence-corrected chi connectivity index (χ3v) is 7.66. The highest BCUT2D eigenvalue weighted by molar-refractivity contribution is 7.86. The van der Waals surface area contributed by atoms with Gasteiger partial charge in [-0.2, -0.15) is 8.42 Å². The average molecular weight is 531 g/mol. The first-order valence-electron chi connectivity index (χ1n) is 11.3. The van der Waals surface area contributed by atoms with E-state index in [-0.39, 0.29) is 5.56 Å². The van der Waals surface area contributed by atoms with Crippen LogP contribution in [0.2, 0.25) is 0 Å². The van der Waals surface area contributed by atoms with Crippen molar-refractivity contribution >= 4 is 36.9 Å². The molecule has 0 unspecified atom stereocenters. The molecule has 0 spiro atoms. The molecule has 0 bridgehead atoms. The van der Waals surface area contributed by atoms with Gasteiger partial charge in [0.1, 0.15) is 32.9 Å². The molecule has 0 saturated carbocycles. The Kier molecular flexibility index (Phi) is 6.69. The van der Waals surface area contributed by atoms with Crippen LogP contribution in [0.25, 0.3) is 33.4 Å². The highest BCUT2D eigenvalue weighted by Crippen LogP contribution is 2.44. The lowest BCUT2D eigenvalue weighted by Gasteiger charge is -2.20. The van der Waals surface area contributed by atoms with Gasteiger partial charge in [0.05, 0.1) is 11.0 Å². The molecule has 2 aromatic carbocycles. The van der Waals surface area contributed by atoms with E-state index in [1.807, 2.05) is 52.0 Å². The molecule has 0 radical (unpaired) electrons. The van der Waals surface area contributed by atoms with Gasteiger partial charge in [0.25, 0.3) is 10.1 Å². The molecule has 2 aromatic rings. The molecule has 2 aliphatic rings. The second kappa shape index (κ2) is 9.32. The Balaban J connectivity index is 2.24. The van der Waals surface area contributed by atoms with Crippen LogP contribution >= 0.6 is 0 Å². The molecule has 0 amide bonds. The molecule has 9 nitrogen and oxygen atoms in total. The molecular formula is C25H26N2O7S2. The summed E-state index contributed by atoms with van der Waals surface area (Å²) in [5.74, 6) is 0.451. The van der Waals surface area contributed by atoms with Crippen LogP contribution in [0.1, 0.15) is 25.0 Å². The fourth-order valence-corrected chi connectivity index (χ4v) is 5.62. The number of hydrogen-bond donors (Lipinski definition) is 3. The van der Waals surface area contributed by atoms with Crippen LogP contribution < -0.4 is 15.7 Å². The maximum atomic E-state index is 12.4. The van der Waals surface area contributed by atoms with Gasteiger partial charge in [0.15, 0.2) is 0 Å². The van der Waals surface area contributed by atoms with Crippen LogP contribution in [0.4, 0.5) is 5.69 Å². The van der Waals surface area contributed by atoms with E-state index in [2.05, 4.69) is 10.3 Å². The molecule has 4 rings (SSSR count). The summed E-state index contributed by atoms with van der Waals surface area (Å²) in [6, 6.07) is 10.3. The standard InChI is InChI=1S/C25H26N2O7S2/c1-5-26-20-12-22-18(9-14(20)3)25(19-10-15(4)21(27-6-2)13-23(19)34-22)17-8-7-16(35(28,29)30)11-24(17)36(31,32)33/h7-13,26H,5-6H2,1-4H3,(H,28,29,30)(H,31,32,33). The quantitative estimate of drug-likeness (QED) is 0.254. The Labute approximate surface area is 209 Å². The topological polar surface area (TPSA) is 151 Å². The van der Waals surface area contributed by atoms with E-state index in [0.29, 0.717) is 47.0 Å². The first-order chi connectivity index (χ1) is 16.8. The van der Waals surface area contributed by atoms with Crippen LogP contribution in [0.3, 0.4) is 0 Å². The van der Waals surface area contributed by atoms with Crippen LogP contribution in [0.15, 0.2) is 56.7 Å². The van der Waals surface area contributed by atoms with Crippen molar-refractivity contribution in [1.82, 2.24) is 0 Å². The third-order valence-electron chi connectivity index (χ3n) is 5.94. The van der Waals surface area contributed by atoms with Crippen molar-refractivity contribution < 1.29 is 35.4 Å². The number of hydrogen-bond acceptors (Lipinski definition) is 7. The van der Waals surface area contributed by atoms with Crippen LogP contribution in [0.5, 0.6) is 0 Å². The summed E-state index contributed by atoms with van der Waals surface area (Å²) in [4.78, 5) is 1.82. The maximum absolute atomic E-state index is 12.4. The van der Waals surface area contributed by atoms with Gasteiger partial charge in [-0.1, -0.05) is 6.07 Å². The maximum Gasteiger partial charge on any atom is 0.295 e. The van der Waals surface area contributed by atoms with Gasteiger partial charge in [-0.3, -0.25) is 4.55 Å². The second-order valence-corrected chi connectivity index (χ2v) is 11.2. The second-order valence-electron chi connectivity index (χ2n) is 8.45. The van der Waals surface area contributed by atoms with Gasteiger partial charge >= 0.3 is 0 Å². The van der Waals surface area contributed by atoms with Crippen molar-refractivity contribution in [2.45, 2.75) is 37.5 Å². The lowest BCUT2D eigenvalue weighted by atomic mass is 9.91. The fourth-order valence-electron chi connectivity index (χ4n) is 4.33. The molecule has 0 atom stereocenters. The van der Waals surface area contributed by atoms with Crippen LogP contribution in [-0.4, -0.2) is 39.0 Å². The molecule has 36 heavy (non-hydrogen) atoms. The molecular weight excluding hydrogens is 504 g/mol. The summed E-state index contributed by atoms with van der Waals surface area (Å²) in [5.41, 5.74) is 4.04. The van der Waals surface area contributed by atoms with Gasteiger partial charge in [-0.15, -0.1) is 0 Å². The Morgan fingerprint density at radius 2 is 1.69 bits per heavy atom. The van der Waals surface area contributed by atoms with Crippen molar-refractivity contribution in [3.63, 3.8) is 0 Å². The predicted molar refractivity (Wildman–Crippen MR) is 134 cm³/mol. The number of aryl methyl sites for hydroxylation is 2. The average Bonchev–Trinajstić information content (AvgIpc) is 2.78. The summed E-state index contributed by atoms with van der Waals surface area (Å²) >= 11 is 0. The van der Waals surface area contributed by atoms with E-state index in [1.165, 1.54) is 6.07 Å². The summed E-state index contributed by atoms with van der Waals surface area (Å²) < 4.78 is 75.9. The van der Waals surface area contributed by atoms with E-state index < -0.39 is 30.0 Å². The van der Waals surface area contributed by atoms with Crippen LogP contribution in [0, 0.1) is 13.8 Å². The zero-order valence-electron chi connectivity index (χ0n) is 20.2. The molecule has 0 fully saturated rings. The summed E-state index contributed by atoms with van der Waals surface area (Å²) in [5, 5.41) is 4.66. The molecule has 0 aromatic heterocycles. The van der Waals surface area contributed by atoms with Gasteiger partial charge < -0.3 is 14.3 Å². The Bertz CT molecular complexity index is 1760. The highest BCUT2D eigenvalue weighted by atomic mass is 32.2. The minimum absolute atomic E-state index is 0.0434. The number of fused-ring (bicyclic) bond motifs is 2. The summed E-state index contributed by atoms with van der Waals surface area (Å²) in [6.45, 7) is 9.05. The Morgan fingerprint density at radius 1 is 0.972 bits per heavy atom. The lowest BCUT2D eigenvalue weighted by Crippen LogP contribution is -2.76. The van der Waals surface area contributed by atoms with Crippen molar-refractivity contribution in [2.24, 2.45) is 0 Å². The molecule has 1 heterocycles. The normalized spacial score (nSPS) is 13.0. The minimum atomic E-state index is -4.97. The zero-order chi connectivity index (χ0) is 26.4. The van der Waals surface area contributed by atoms with Crippen LogP contribution in [-0.2, 0) is 20.2 Å². The highest BCUT2D eigenvalue weighted by Gasteiger charge is 2.26. The molecule has 190 valence electrons. The Morgan fingerprint density at radius 3 is 2.31 bits per heavy atom. The number of nitrogens with one attached hydrogen (secondary N) is 2. The van der Waals surface area contributed by atoms with E-state index >= 15 is 0 Å². The summed E-state index contributed by atoms with van der Waals surface area (Å²) in [7, 11) is -9.88. The summed E-state index contributed by atoms with van der Waals surface area (Å²) in [6.07, 6.45) is 0. The molecule has 3 N–H and O–H groups in total. The van der Waals surface area contributed by atoms with Gasteiger partial charge in [0, 0.05) is 45.9 Å². The smallest absolute Gasteiger partial charge is 0.295 e. The van der Waals surface area contributed by atoms with Crippen molar-refractivity contribution in [1.29, 1.82) is 0 Å². The first-order valence-corrected chi connectivity index (χ1v) is 14.1. The number of anilines is 1. The van der Waals surface area contributed by atoms with E-state index in [1.54, 1.807) is 0 Å². The van der Waals surface area contributed by atoms with Gasteiger partial charge in [0.2, 0.25) is 5.36 Å². The van der Waals surface area contributed by atoms with Gasteiger partial charge in [-0.25, -0.2) is 13.4 Å². The van der Waals surface area contributed by atoms with E-state index in [9.17, 15) is 25.9 Å². The van der Waals surface area contributed by atoms with Crippen molar-refractivity contribution in [3.8, 4) is 22.5 Å². The van der Waals surface area contributed by atoms with E-state index in [4.69, 9.17) is 4.42 Å². The largest absolute Gasteiger partial charge is 0.744 e. The fraction of sp³-hybridized carbons (Fsp3) is 0.240. The third kappa shape index (κ3) is 4.74. The molecule has 0 saturated heterocycles. The molecule has 1 aliphatic heterocycles. The molecule has 1 aliphatic carbocycles. The van der Waals surface area contributed by atoms with Gasteiger partial charge in [-0.05, 0) is 57.5 Å². The molecule has 11 heteroatoms. The van der Waals surface area contributed by atoms with Crippen molar-refractivity contribution in [3.05, 3.63) is 58.9 Å². The first kappa shape index (κ1) is 25.8. The number of rotatable bonds is 6. The Hall–Kier alpha value is -3.25. The predicted octanol–water partition coefficient (Wildman–Crippen LogP) is 2.41. The minimum Gasteiger partial charge on any atom is -0.744 e. The SMILES string of the molecule is CCNc1cc2oc3cc(=[NH+]CC)c(C)cc-3c(-c3ccc(S(=O)(=O)[O-])cc3S(=O)(=O)O)c2cc1C. The van der Waals surface area contributed by atoms with Crippen molar-refractivity contribution in [2.75, 3.05) is 18.4 Å². The monoisotopic (exact) mass is 530 g/mol. The lowest BCUT2D eigenvalue weighted by molar-refractivity contribution is -0.496. The number of benzene rings is 3. The zero-order valence-corrected chi connectivity index (χ0v) is 21.8. The van der Waals surface area contributed by atoms with E-state index in [0.717, 1.165) is 28.2 Å².